The van der Waals surface area contributed by atoms with E-state index in [1.807, 2.05) is 55.5 Å². The summed E-state index contributed by atoms with van der Waals surface area (Å²) in [5.74, 6) is 2.78. The van der Waals surface area contributed by atoms with Crippen molar-refractivity contribution in [1.29, 1.82) is 0 Å². The molecule has 0 heterocycles. The van der Waals surface area contributed by atoms with E-state index in [4.69, 9.17) is 9.47 Å². The molecule has 0 aliphatic heterocycles. The quantitative estimate of drug-likeness (QED) is 0.748. The van der Waals surface area contributed by atoms with Gasteiger partial charge in [0.15, 0.2) is 0 Å². The fourth-order valence-electron chi connectivity index (χ4n) is 1.89. The Hall–Kier alpha value is -2.14. The minimum absolute atomic E-state index is 0.00306. The third kappa shape index (κ3) is 6.24. The summed E-state index contributed by atoms with van der Waals surface area (Å²) in [4.78, 5) is 11.8. The molecular weight excluding hydrogens is 310 g/mol. The maximum absolute atomic E-state index is 11.8. The van der Waals surface area contributed by atoms with Gasteiger partial charge in [0.2, 0.25) is 5.91 Å². The topological polar surface area (TPSA) is 47.6 Å². The van der Waals surface area contributed by atoms with Gasteiger partial charge >= 0.3 is 0 Å². The van der Waals surface area contributed by atoms with Gasteiger partial charge < -0.3 is 14.8 Å². The summed E-state index contributed by atoms with van der Waals surface area (Å²) >= 11 is 1.55. The van der Waals surface area contributed by atoms with Crippen molar-refractivity contribution < 1.29 is 14.3 Å². The van der Waals surface area contributed by atoms with Crippen molar-refractivity contribution in [1.82, 2.24) is 0 Å². The zero-order valence-corrected chi connectivity index (χ0v) is 14.2. The summed E-state index contributed by atoms with van der Waals surface area (Å²) in [5, 5.41) is 2.88. The van der Waals surface area contributed by atoms with Gasteiger partial charge in [-0.1, -0.05) is 17.7 Å². The molecule has 0 aliphatic rings. The number of aryl methyl sites for hydroxylation is 1. The van der Waals surface area contributed by atoms with E-state index in [1.165, 1.54) is 5.56 Å². The number of anilines is 1. The molecule has 2 aromatic carbocycles. The van der Waals surface area contributed by atoms with Crippen LogP contribution in [0.1, 0.15) is 5.56 Å². The number of benzene rings is 2. The molecule has 2 aromatic rings. The van der Waals surface area contributed by atoms with Gasteiger partial charge in [0.25, 0.3) is 0 Å². The molecule has 1 amide bonds. The number of carbonyl (C=O) groups excluding carboxylic acids is 1. The van der Waals surface area contributed by atoms with E-state index >= 15 is 0 Å². The molecule has 0 aliphatic carbocycles. The van der Waals surface area contributed by atoms with E-state index in [-0.39, 0.29) is 5.91 Å². The lowest BCUT2D eigenvalue weighted by molar-refractivity contribution is -0.113. The lowest BCUT2D eigenvalue weighted by Crippen LogP contribution is -2.15. The normalized spacial score (nSPS) is 10.2. The van der Waals surface area contributed by atoms with E-state index in [2.05, 4.69) is 5.32 Å². The molecule has 0 bridgehead atoms. The Labute approximate surface area is 141 Å². The second-order valence-electron chi connectivity index (χ2n) is 4.99. The summed E-state index contributed by atoms with van der Waals surface area (Å²) < 4.78 is 10.7. The number of rotatable bonds is 8. The van der Waals surface area contributed by atoms with Gasteiger partial charge in [0, 0.05) is 11.4 Å². The number of methoxy groups -OCH3 is 1. The second kappa shape index (κ2) is 9.10. The van der Waals surface area contributed by atoms with E-state index < -0.39 is 0 Å². The van der Waals surface area contributed by atoms with Gasteiger partial charge in [-0.2, -0.15) is 0 Å². The van der Waals surface area contributed by atoms with Gasteiger partial charge in [-0.15, -0.1) is 11.8 Å². The van der Waals surface area contributed by atoms with Crippen LogP contribution in [0.15, 0.2) is 48.5 Å². The van der Waals surface area contributed by atoms with Crippen molar-refractivity contribution in [2.75, 3.05) is 30.5 Å². The zero-order chi connectivity index (χ0) is 16.5. The predicted octanol–water partition coefficient (Wildman–Crippen LogP) is 3.75. The molecule has 5 heteroatoms. The predicted molar refractivity (Wildman–Crippen MR) is 95.6 cm³/mol. The van der Waals surface area contributed by atoms with Gasteiger partial charge in [-0.05, 0) is 43.3 Å². The summed E-state index contributed by atoms with van der Waals surface area (Å²) in [6.45, 7) is 2.58. The van der Waals surface area contributed by atoms with Crippen LogP contribution >= 0.6 is 11.8 Å². The maximum atomic E-state index is 11.8. The number of nitrogens with one attached hydrogen (secondary N) is 1. The molecule has 4 nitrogen and oxygen atoms in total. The molecule has 0 atom stereocenters. The third-order valence-corrected chi connectivity index (χ3v) is 4.05. The Balaban J connectivity index is 1.61. The highest BCUT2D eigenvalue weighted by Gasteiger charge is 2.03. The zero-order valence-electron chi connectivity index (χ0n) is 13.4. The van der Waals surface area contributed by atoms with Crippen molar-refractivity contribution in [3.05, 3.63) is 54.1 Å². The number of ether oxygens (including phenoxy) is 2. The van der Waals surface area contributed by atoms with Gasteiger partial charge in [0.05, 0.1) is 19.5 Å². The molecule has 0 saturated heterocycles. The third-order valence-electron chi connectivity index (χ3n) is 3.12. The van der Waals surface area contributed by atoms with Crippen molar-refractivity contribution in [3.8, 4) is 11.5 Å². The highest BCUT2D eigenvalue weighted by Crippen LogP contribution is 2.17. The Kier molecular flexibility index (Phi) is 6.81. The molecule has 0 fully saturated rings. The molecule has 122 valence electrons. The molecule has 23 heavy (non-hydrogen) atoms. The summed E-state index contributed by atoms with van der Waals surface area (Å²) in [6.07, 6.45) is 0. The van der Waals surface area contributed by atoms with Crippen LogP contribution in [0.25, 0.3) is 0 Å². The van der Waals surface area contributed by atoms with Crippen LogP contribution in [-0.2, 0) is 4.79 Å². The Morgan fingerprint density at radius 3 is 2.35 bits per heavy atom. The van der Waals surface area contributed by atoms with E-state index in [0.29, 0.717) is 12.4 Å². The van der Waals surface area contributed by atoms with Crippen LogP contribution in [0, 0.1) is 6.92 Å². The highest BCUT2D eigenvalue weighted by atomic mass is 32.2. The van der Waals surface area contributed by atoms with Crippen LogP contribution < -0.4 is 14.8 Å². The second-order valence-corrected chi connectivity index (χ2v) is 6.10. The first kappa shape index (κ1) is 17.2. The summed E-state index contributed by atoms with van der Waals surface area (Å²) in [7, 11) is 1.63. The highest BCUT2D eigenvalue weighted by molar-refractivity contribution is 7.99. The summed E-state index contributed by atoms with van der Waals surface area (Å²) in [6, 6.07) is 15.2. The lowest BCUT2D eigenvalue weighted by Gasteiger charge is -2.07. The van der Waals surface area contributed by atoms with Gasteiger partial charge in [-0.25, -0.2) is 0 Å². The minimum Gasteiger partial charge on any atom is -0.497 e. The van der Waals surface area contributed by atoms with Crippen LogP contribution in [-0.4, -0.2) is 31.1 Å². The number of amides is 1. The lowest BCUT2D eigenvalue weighted by atomic mass is 10.2. The number of hydrogen-bond acceptors (Lipinski definition) is 4. The standard InChI is InChI=1S/C18H21NO3S/c1-14-3-5-15(6-4-14)19-18(20)13-23-12-11-22-17-9-7-16(21-2)8-10-17/h3-10H,11-13H2,1-2H3,(H,19,20). The molecule has 1 N–H and O–H groups in total. The molecule has 2 rings (SSSR count). The van der Waals surface area contributed by atoms with Crippen molar-refractivity contribution in [3.63, 3.8) is 0 Å². The van der Waals surface area contributed by atoms with E-state index in [0.717, 1.165) is 22.9 Å². The van der Waals surface area contributed by atoms with Crippen LogP contribution in [0.5, 0.6) is 11.5 Å². The summed E-state index contributed by atoms with van der Waals surface area (Å²) in [5.41, 5.74) is 2.00. The van der Waals surface area contributed by atoms with Crippen molar-refractivity contribution in [2.45, 2.75) is 6.92 Å². The first-order valence-electron chi connectivity index (χ1n) is 7.38. The Morgan fingerprint density at radius 2 is 1.70 bits per heavy atom. The first-order valence-corrected chi connectivity index (χ1v) is 8.54. The fraction of sp³-hybridized carbons (Fsp3) is 0.278. The largest absolute Gasteiger partial charge is 0.497 e. The molecule has 0 saturated carbocycles. The van der Waals surface area contributed by atoms with Crippen LogP contribution in [0.4, 0.5) is 5.69 Å². The molecular formula is C18H21NO3S. The molecule has 0 unspecified atom stereocenters. The minimum atomic E-state index is 0.00306. The maximum Gasteiger partial charge on any atom is 0.234 e. The average Bonchev–Trinajstić information content (AvgIpc) is 2.57. The Bertz CT molecular complexity index is 611. The molecule has 0 radical (unpaired) electrons. The van der Waals surface area contributed by atoms with Gasteiger partial charge in [-0.3, -0.25) is 4.79 Å². The number of hydrogen-bond donors (Lipinski definition) is 1. The van der Waals surface area contributed by atoms with E-state index in [1.54, 1.807) is 18.9 Å². The van der Waals surface area contributed by atoms with Gasteiger partial charge in [0.1, 0.15) is 11.5 Å². The van der Waals surface area contributed by atoms with Crippen LogP contribution in [0.3, 0.4) is 0 Å². The van der Waals surface area contributed by atoms with Crippen molar-refractivity contribution >= 4 is 23.4 Å². The molecule has 0 spiro atoms. The van der Waals surface area contributed by atoms with Crippen molar-refractivity contribution in [2.24, 2.45) is 0 Å². The number of thioether (sulfide) groups is 1. The Morgan fingerprint density at radius 1 is 1.04 bits per heavy atom. The van der Waals surface area contributed by atoms with Crippen LogP contribution in [0.2, 0.25) is 0 Å². The average molecular weight is 331 g/mol. The SMILES string of the molecule is COc1ccc(OCCSCC(=O)Nc2ccc(C)cc2)cc1. The molecule has 0 aromatic heterocycles. The monoisotopic (exact) mass is 331 g/mol. The van der Waals surface area contributed by atoms with E-state index in [9.17, 15) is 4.79 Å². The first-order chi connectivity index (χ1) is 11.2. The fourth-order valence-corrected chi connectivity index (χ4v) is 2.49. The smallest absolute Gasteiger partial charge is 0.234 e. The number of carbonyl (C=O) groups is 1.